The highest BCUT2D eigenvalue weighted by atomic mass is 79.9. The van der Waals surface area contributed by atoms with E-state index in [1.165, 1.54) is 11.3 Å². The Bertz CT molecular complexity index is 353. The molecule has 14 heavy (non-hydrogen) atoms. The Balaban J connectivity index is 2.65. The standard InChI is InChI=1S/C9H11BrN2OS/c1-5(10)4-12-9(13)8-3-7(11)6(2)14-8/h3H,1,4,11H2,2H3,(H,12,13). The molecule has 0 aliphatic carbocycles. The quantitative estimate of drug-likeness (QED) is 0.889. The summed E-state index contributed by atoms with van der Waals surface area (Å²) >= 11 is 4.56. The first-order valence-corrected chi connectivity index (χ1v) is 5.59. The molecule has 0 aromatic carbocycles. The van der Waals surface area contributed by atoms with Crippen molar-refractivity contribution in [1.29, 1.82) is 0 Å². The third-order valence-corrected chi connectivity index (χ3v) is 2.97. The van der Waals surface area contributed by atoms with E-state index in [1.807, 2.05) is 6.92 Å². The summed E-state index contributed by atoms with van der Waals surface area (Å²) in [6, 6.07) is 1.69. The van der Waals surface area contributed by atoms with E-state index in [9.17, 15) is 4.79 Å². The Kier molecular flexibility index (Phi) is 3.71. The van der Waals surface area contributed by atoms with Crippen LogP contribution in [-0.4, -0.2) is 12.5 Å². The first kappa shape index (κ1) is 11.3. The molecule has 3 N–H and O–H groups in total. The fraction of sp³-hybridized carbons (Fsp3) is 0.222. The topological polar surface area (TPSA) is 55.1 Å². The van der Waals surface area contributed by atoms with E-state index in [0.29, 0.717) is 17.1 Å². The van der Waals surface area contributed by atoms with Crippen molar-refractivity contribution in [2.24, 2.45) is 0 Å². The van der Waals surface area contributed by atoms with Crippen LogP contribution in [-0.2, 0) is 0 Å². The number of nitrogens with two attached hydrogens (primary N) is 1. The zero-order chi connectivity index (χ0) is 10.7. The normalized spacial score (nSPS) is 9.86. The number of halogens is 1. The van der Waals surface area contributed by atoms with E-state index in [4.69, 9.17) is 5.73 Å². The average molecular weight is 275 g/mol. The number of nitrogens with one attached hydrogen (secondary N) is 1. The average Bonchev–Trinajstić information content (AvgIpc) is 2.43. The Morgan fingerprint density at radius 3 is 2.86 bits per heavy atom. The van der Waals surface area contributed by atoms with Gasteiger partial charge in [-0.1, -0.05) is 22.5 Å². The molecule has 0 radical (unpaired) electrons. The molecule has 3 nitrogen and oxygen atoms in total. The van der Waals surface area contributed by atoms with E-state index >= 15 is 0 Å². The summed E-state index contributed by atoms with van der Waals surface area (Å²) in [6.07, 6.45) is 0. The molecule has 0 spiro atoms. The van der Waals surface area contributed by atoms with Gasteiger partial charge in [0.15, 0.2) is 0 Å². The maximum Gasteiger partial charge on any atom is 0.261 e. The summed E-state index contributed by atoms with van der Waals surface area (Å²) in [7, 11) is 0. The van der Waals surface area contributed by atoms with Gasteiger partial charge in [-0.2, -0.15) is 0 Å². The lowest BCUT2D eigenvalue weighted by molar-refractivity contribution is 0.0962. The number of carbonyl (C=O) groups is 1. The molecule has 0 aliphatic rings. The molecule has 1 heterocycles. The lowest BCUT2D eigenvalue weighted by atomic mass is 10.3. The van der Waals surface area contributed by atoms with Gasteiger partial charge >= 0.3 is 0 Å². The second-order valence-corrected chi connectivity index (χ2v) is 5.20. The van der Waals surface area contributed by atoms with Crippen LogP contribution in [0.15, 0.2) is 17.1 Å². The van der Waals surface area contributed by atoms with Crippen molar-refractivity contribution in [1.82, 2.24) is 5.32 Å². The van der Waals surface area contributed by atoms with Crippen LogP contribution in [0.2, 0.25) is 0 Å². The predicted molar refractivity (Wildman–Crippen MR) is 63.9 cm³/mol. The number of hydrogen-bond acceptors (Lipinski definition) is 3. The van der Waals surface area contributed by atoms with Gasteiger partial charge in [0.25, 0.3) is 5.91 Å². The highest BCUT2D eigenvalue weighted by Crippen LogP contribution is 2.23. The van der Waals surface area contributed by atoms with E-state index in [1.54, 1.807) is 6.07 Å². The summed E-state index contributed by atoms with van der Waals surface area (Å²) in [5.74, 6) is -0.115. The fourth-order valence-electron chi connectivity index (χ4n) is 0.871. The zero-order valence-corrected chi connectivity index (χ0v) is 10.2. The predicted octanol–water partition coefficient (Wildman–Crippen LogP) is 2.28. The lowest BCUT2D eigenvalue weighted by Crippen LogP contribution is -2.23. The zero-order valence-electron chi connectivity index (χ0n) is 7.76. The minimum absolute atomic E-state index is 0.115. The van der Waals surface area contributed by atoms with Crippen LogP contribution < -0.4 is 11.1 Å². The van der Waals surface area contributed by atoms with Gasteiger partial charge in [0.1, 0.15) is 0 Å². The van der Waals surface area contributed by atoms with Gasteiger partial charge in [0.05, 0.1) is 4.88 Å². The summed E-state index contributed by atoms with van der Waals surface area (Å²) in [5, 5.41) is 2.71. The molecule has 0 saturated carbocycles. The second-order valence-electron chi connectivity index (χ2n) is 2.82. The van der Waals surface area contributed by atoms with Crippen molar-refractivity contribution in [3.8, 4) is 0 Å². The van der Waals surface area contributed by atoms with Crippen LogP contribution in [0.25, 0.3) is 0 Å². The third kappa shape index (κ3) is 2.85. The van der Waals surface area contributed by atoms with Gasteiger partial charge in [0.2, 0.25) is 0 Å². The van der Waals surface area contributed by atoms with E-state index in [2.05, 4.69) is 27.8 Å². The maximum atomic E-state index is 11.5. The highest BCUT2D eigenvalue weighted by molar-refractivity contribution is 9.11. The largest absolute Gasteiger partial charge is 0.398 e. The molecular weight excluding hydrogens is 264 g/mol. The van der Waals surface area contributed by atoms with Crippen molar-refractivity contribution in [3.05, 3.63) is 26.9 Å². The molecule has 0 bridgehead atoms. The van der Waals surface area contributed by atoms with E-state index < -0.39 is 0 Å². The third-order valence-electron chi connectivity index (χ3n) is 1.62. The molecule has 5 heteroatoms. The molecular formula is C9H11BrN2OS. The first-order valence-electron chi connectivity index (χ1n) is 3.98. The molecule has 0 fully saturated rings. The van der Waals surface area contributed by atoms with Gasteiger partial charge < -0.3 is 11.1 Å². The molecule has 1 aromatic heterocycles. The summed E-state index contributed by atoms with van der Waals surface area (Å²) < 4.78 is 0.743. The lowest BCUT2D eigenvalue weighted by Gasteiger charge is -2.00. The van der Waals surface area contributed by atoms with Crippen LogP contribution in [0.1, 0.15) is 14.5 Å². The number of anilines is 1. The number of aryl methyl sites for hydroxylation is 1. The summed E-state index contributed by atoms with van der Waals surface area (Å²) in [6.45, 7) is 5.94. The van der Waals surface area contributed by atoms with Crippen LogP contribution in [0.3, 0.4) is 0 Å². The molecule has 1 amide bonds. The SMILES string of the molecule is C=C(Br)CNC(=O)c1cc(N)c(C)s1. The number of rotatable bonds is 3. The van der Waals surface area contributed by atoms with Crippen LogP contribution in [0.4, 0.5) is 5.69 Å². The van der Waals surface area contributed by atoms with Gasteiger partial charge in [0, 0.05) is 21.6 Å². The molecule has 1 aromatic rings. The van der Waals surface area contributed by atoms with Gasteiger partial charge in [-0.05, 0) is 13.0 Å². The smallest absolute Gasteiger partial charge is 0.261 e. The fourth-order valence-corrected chi connectivity index (χ4v) is 1.87. The molecule has 1 rings (SSSR count). The minimum atomic E-state index is -0.115. The van der Waals surface area contributed by atoms with Crippen LogP contribution in [0, 0.1) is 6.92 Å². The molecule has 76 valence electrons. The maximum absolute atomic E-state index is 11.5. The van der Waals surface area contributed by atoms with Gasteiger partial charge in [-0.15, -0.1) is 11.3 Å². The van der Waals surface area contributed by atoms with Crippen molar-refractivity contribution < 1.29 is 4.79 Å². The van der Waals surface area contributed by atoms with Crippen molar-refractivity contribution in [2.45, 2.75) is 6.92 Å². The molecule has 0 unspecified atom stereocenters. The number of nitrogen functional groups attached to an aromatic ring is 1. The highest BCUT2D eigenvalue weighted by Gasteiger charge is 2.09. The Morgan fingerprint density at radius 1 is 1.79 bits per heavy atom. The van der Waals surface area contributed by atoms with Crippen LogP contribution >= 0.6 is 27.3 Å². The second kappa shape index (κ2) is 4.61. The Hall–Kier alpha value is -0.810. The summed E-state index contributed by atoms with van der Waals surface area (Å²) in [4.78, 5) is 13.1. The van der Waals surface area contributed by atoms with Crippen molar-refractivity contribution in [3.63, 3.8) is 0 Å². The number of thiophene rings is 1. The summed E-state index contributed by atoms with van der Waals surface area (Å²) in [5.41, 5.74) is 6.30. The Labute approximate surface area is 95.1 Å². The number of carbonyl (C=O) groups excluding carboxylic acids is 1. The number of amides is 1. The first-order chi connectivity index (χ1) is 6.50. The number of hydrogen-bond donors (Lipinski definition) is 2. The van der Waals surface area contributed by atoms with Gasteiger partial charge in [-0.25, -0.2) is 0 Å². The van der Waals surface area contributed by atoms with Crippen molar-refractivity contribution >= 4 is 38.9 Å². The van der Waals surface area contributed by atoms with Crippen LogP contribution in [0.5, 0.6) is 0 Å². The molecule has 0 atom stereocenters. The van der Waals surface area contributed by atoms with Gasteiger partial charge in [-0.3, -0.25) is 4.79 Å². The minimum Gasteiger partial charge on any atom is -0.398 e. The van der Waals surface area contributed by atoms with E-state index in [0.717, 1.165) is 9.36 Å². The van der Waals surface area contributed by atoms with E-state index in [-0.39, 0.29) is 5.91 Å². The molecule has 0 saturated heterocycles. The van der Waals surface area contributed by atoms with Crippen molar-refractivity contribution in [2.75, 3.05) is 12.3 Å². The monoisotopic (exact) mass is 274 g/mol. The Morgan fingerprint density at radius 2 is 2.43 bits per heavy atom. The molecule has 0 aliphatic heterocycles.